The Morgan fingerprint density at radius 3 is 1.43 bits per heavy atom. The van der Waals surface area contributed by atoms with Crippen LogP contribution in [0.15, 0.2) is 0 Å². The molecule has 0 fully saturated rings. The third kappa shape index (κ3) is 194. The van der Waals surface area contributed by atoms with Crippen LogP contribution in [-0.4, -0.2) is 22.3 Å². The Labute approximate surface area is 57.3 Å². The molecule has 0 heterocycles. The van der Waals surface area contributed by atoms with Crippen molar-refractivity contribution in [2.45, 2.75) is 0 Å². The van der Waals surface area contributed by atoms with Gasteiger partial charge in [-0.3, -0.25) is 0 Å². The fourth-order valence-corrected chi connectivity index (χ4v) is 0. The maximum absolute atomic E-state index is 8.66. The van der Waals surface area contributed by atoms with Crippen LogP contribution in [-0.2, 0) is 4.57 Å². The van der Waals surface area contributed by atoms with E-state index < -0.39 is 7.82 Å². The van der Waals surface area contributed by atoms with Crippen molar-refractivity contribution < 1.29 is 31.7 Å². The van der Waals surface area contributed by atoms with Crippen molar-refractivity contribution in [1.82, 2.24) is 0 Å². The number of hydrogen-bond acceptors (Lipinski definition) is 3. The van der Waals surface area contributed by atoms with E-state index in [0.29, 0.717) is 0 Å². The Kier molecular flexibility index (Phi) is 11.4. The Bertz CT molecular complexity index is 57.8. The summed E-state index contributed by atoms with van der Waals surface area (Å²) in [6.45, 7) is 0. The standard InChI is InChI=1S/Al.ClH.H3O4P/c;;1-5(2,3)4/h;1H;(H3,1,2,3,4)/q+3;;/p-3. The zero-order valence-electron chi connectivity index (χ0n) is 3.07. The predicted molar refractivity (Wildman–Crippen MR) is 15.6 cm³/mol. The van der Waals surface area contributed by atoms with Crippen LogP contribution >= 0.6 is 7.82 Å². The van der Waals surface area contributed by atoms with Gasteiger partial charge in [-0.25, -0.2) is 0 Å². The van der Waals surface area contributed by atoms with Gasteiger partial charge in [0.1, 0.15) is 0 Å². The topological polar surface area (TPSA) is 83.4 Å². The van der Waals surface area contributed by atoms with Crippen LogP contribution in [0.4, 0.5) is 0 Å². The maximum Gasteiger partial charge on any atom is 3.00 e. The maximum atomic E-state index is 8.66. The molecule has 4 nitrogen and oxygen atoms in total. The smallest absolute Gasteiger partial charge is 1.00 e. The van der Waals surface area contributed by atoms with Crippen LogP contribution < -0.4 is 22.2 Å². The quantitative estimate of drug-likeness (QED) is 0.281. The van der Waals surface area contributed by atoms with Crippen molar-refractivity contribution >= 4 is 25.2 Å². The van der Waals surface area contributed by atoms with Crippen molar-refractivity contribution in [2.75, 3.05) is 0 Å². The summed E-state index contributed by atoms with van der Waals surface area (Å²) in [7, 11) is -5.14. The molecule has 7 heteroatoms. The van der Waals surface area contributed by atoms with E-state index in [0.717, 1.165) is 0 Å². The summed E-state index contributed by atoms with van der Waals surface area (Å²) in [5.74, 6) is 0. The summed E-state index contributed by atoms with van der Waals surface area (Å²) in [5, 5.41) is 0. The molecule has 0 aliphatic heterocycles. The molecule has 0 bridgehead atoms. The van der Waals surface area contributed by atoms with E-state index in [1.807, 2.05) is 0 Å². The van der Waals surface area contributed by atoms with Crippen LogP contribution in [0.2, 0.25) is 0 Å². The van der Waals surface area contributed by atoms with E-state index in [2.05, 4.69) is 0 Å². The van der Waals surface area contributed by atoms with E-state index in [9.17, 15) is 0 Å². The molecule has 0 aromatic rings. The molecule has 0 rings (SSSR count). The summed E-state index contributed by atoms with van der Waals surface area (Å²) in [5.41, 5.74) is 0. The normalized spacial score (nSPS) is 8.43. The van der Waals surface area contributed by atoms with Crippen molar-refractivity contribution in [2.24, 2.45) is 0 Å². The molecule has 1 N–H and O–H groups in total. The minimum Gasteiger partial charge on any atom is -1.00 e. The molecule has 0 atom stereocenters. The molecule has 0 amide bonds. The Morgan fingerprint density at radius 1 is 1.43 bits per heavy atom. The molecule has 40 valence electrons. The number of hydrogen-bond donors (Lipinski definition) is 1. The molecular weight excluding hydrogens is 157 g/mol. The zero-order valence-corrected chi connectivity index (χ0v) is 5.88. The van der Waals surface area contributed by atoms with Crippen LogP contribution in [0.5, 0.6) is 0 Å². The second kappa shape index (κ2) is 5.08. The van der Waals surface area contributed by atoms with Gasteiger partial charge >= 0.3 is 17.4 Å². The van der Waals surface area contributed by atoms with E-state index in [1.165, 1.54) is 0 Å². The molecule has 0 aromatic carbocycles. The molecule has 0 unspecified atom stereocenters. The number of rotatable bonds is 0. The van der Waals surface area contributed by atoms with Gasteiger partial charge in [-0.2, -0.15) is 0 Å². The molecule has 0 spiro atoms. The molecule has 0 aromatic heterocycles. The second-order valence-electron chi connectivity index (χ2n) is 0.469. The first kappa shape index (κ1) is 15.7. The molecule has 0 aliphatic carbocycles. The van der Waals surface area contributed by atoms with E-state index >= 15 is 0 Å². The van der Waals surface area contributed by atoms with Crippen molar-refractivity contribution in [3.05, 3.63) is 0 Å². The van der Waals surface area contributed by atoms with E-state index in [4.69, 9.17) is 19.2 Å². The molecule has 0 radical (unpaired) electrons. The van der Waals surface area contributed by atoms with Crippen LogP contribution in [0, 0.1) is 0 Å². The Morgan fingerprint density at radius 2 is 1.43 bits per heavy atom. The zero-order chi connectivity index (χ0) is 4.50. The molecule has 0 aliphatic rings. The van der Waals surface area contributed by atoms with Gasteiger partial charge in [-0.1, -0.05) is 0 Å². The molecule has 0 saturated carbocycles. The van der Waals surface area contributed by atoms with Gasteiger partial charge in [0.2, 0.25) is 0 Å². The Balaban J connectivity index is -0.0000000800. The van der Waals surface area contributed by atoms with Crippen LogP contribution in [0.1, 0.15) is 0 Å². The molecular formula is HAlClO4P. The van der Waals surface area contributed by atoms with E-state index in [-0.39, 0.29) is 29.8 Å². The largest absolute Gasteiger partial charge is 3.00 e. The fraction of sp³-hybridized carbons (Fsp3) is 0. The summed E-state index contributed by atoms with van der Waals surface area (Å²) in [4.78, 5) is 24.3. The van der Waals surface area contributed by atoms with Gasteiger partial charge in [0.25, 0.3) is 0 Å². The van der Waals surface area contributed by atoms with Gasteiger partial charge in [0.05, 0.1) is 7.82 Å². The van der Waals surface area contributed by atoms with Crippen LogP contribution in [0.3, 0.4) is 0 Å². The monoisotopic (exact) mass is 158 g/mol. The van der Waals surface area contributed by atoms with Crippen molar-refractivity contribution in [3.63, 3.8) is 0 Å². The van der Waals surface area contributed by atoms with Gasteiger partial charge in [0, 0.05) is 0 Å². The summed E-state index contributed by atoms with van der Waals surface area (Å²) < 4.78 is 8.66. The number of halogens is 1. The van der Waals surface area contributed by atoms with Gasteiger partial charge in [-0.15, -0.1) is 0 Å². The minimum atomic E-state index is -5.14. The molecule has 0 saturated heterocycles. The first-order valence-electron chi connectivity index (χ1n) is 0.748. The minimum absolute atomic E-state index is 0. The van der Waals surface area contributed by atoms with Crippen molar-refractivity contribution in [1.29, 1.82) is 0 Å². The average molecular weight is 158 g/mol. The average Bonchev–Trinajstić information content (AvgIpc) is 0.722. The Hall–Kier alpha value is 0.932. The first-order chi connectivity index (χ1) is 2.00. The van der Waals surface area contributed by atoms with Gasteiger partial charge in [-0.05, 0) is 0 Å². The predicted octanol–water partition coefficient (Wildman–Crippen LogP) is -5.57. The summed E-state index contributed by atoms with van der Waals surface area (Å²) in [6.07, 6.45) is 0. The third-order valence-electron chi connectivity index (χ3n) is 0. The number of phosphoric acid groups is 1. The summed E-state index contributed by atoms with van der Waals surface area (Å²) >= 11 is 0. The third-order valence-corrected chi connectivity index (χ3v) is 0. The molecule has 7 heavy (non-hydrogen) atoms. The van der Waals surface area contributed by atoms with Crippen LogP contribution in [0.25, 0.3) is 0 Å². The van der Waals surface area contributed by atoms with Gasteiger partial charge in [0.15, 0.2) is 0 Å². The first-order valence-corrected chi connectivity index (χ1v) is 2.24. The van der Waals surface area contributed by atoms with Gasteiger partial charge < -0.3 is 31.7 Å². The summed E-state index contributed by atoms with van der Waals surface area (Å²) in [6, 6.07) is 0. The SMILES string of the molecule is O=P([O-])([O-])O.[Al+3].[Cl-]. The fourth-order valence-electron chi connectivity index (χ4n) is 0. The second-order valence-corrected chi connectivity index (χ2v) is 1.41. The van der Waals surface area contributed by atoms with Crippen molar-refractivity contribution in [3.8, 4) is 0 Å². The van der Waals surface area contributed by atoms with E-state index in [1.54, 1.807) is 0 Å².